The van der Waals surface area contributed by atoms with Gasteiger partial charge in [-0.25, -0.2) is 14.5 Å². The van der Waals surface area contributed by atoms with Gasteiger partial charge in [0, 0.05) is 12.3 Å². The molecule has 1 aliphatic rings. The molecule has 0 saturated heterocycles. The van der Waals surface area contributed by atoms with Crippen LogP contribution >= 0.6 is 11.6 Å². The molecule has 0 atom stereocenters. The third-order valence-electron chi connectivity index (χ3n) is 4.15. The number of carbonyl (C=O) groups is 1. The van der Waals surface area contributed by atoms with Gasteiger partial charge in [-0.05, 0) is 31.4 Å². The van der Waals surface area contributed by atoms with Gasteiger partial charge in [0.15, 0.2) is 5.82 Å². The van der Waals surface area contributed by atoms with E-state index in [1.807, 2.05) is 0 Å². The first-order valence-electron chi connectivity index (χ1n) is 7.37. The fraction of sp³-hybridized carbons (Fsp3) is 0.400. The first kappa shape index (κ1) is 17.5. The minimum absolute atomic E-state index is 0.0946. The molecule has 1 saturated carbocycles. The molecule has 10 heteroatoms. The zero-order chi connectivity index (χ0) is 18.2. The lowest BCUT2D eigenvalue weighted by Crippen LogP contribution is -2.26. The van der Waals surface area contributed by atoms with Crippen molar-refractivity contribution in [2.45, 2.75) is 25.4 Å². The van der Waals surface area contributed by atoms with Gasteiger partial charge in [0.2, 0.25) is 5.88 Å². The Bertz CT molecular complexity index is 803. The monoisotopic (exact) mass is 375 g/mol. The summed E-state index contributed by atoms with van der Waals surface area (Å²) in [5.74, 6) is -0.788. The summed E-state index contributed by atoms with van der Waals surface area (Å²) in [5.41, 5.74) is -1.76. The largest absolute Gasteiger partial charge is 0.478 e. The summed E-state index contributed by atoms with van der Waals surface area (Å²) < 4.78 is 45.1. The van der Waals surface area contributed by atoms with E-state index in [2.05, 4.69) is 10.1 Å². The number of carboxylic acid groups (broad SMARTS) is 1. The van der Waals surface area contributed by atoms with Crippen molar-refractivity contribution in [1.29, 1.82) is 0 Å². The SMILES string of the molecule is O=C(O)c1ccc(-n2ccc(OCCC3(C(F)(F)F)CC3)n2)nc1Cl. The molecular formula is C15H13ClF3N3O3. The van der Waals surface area contributed by atoms with Crippen LogP contribution in [0.2, 0.25) is 5.15 Å². The van der Waals surface area contributed by atoms with Crippen molar-refractivity contribution in [3.8, 4) is 11.7 Å². The van der Waals surface area contributed by atoms with E-state index in [-0.39, 0.29) is 48.3 Å². The molecule has 134 valence electrons. The number of nitrogens with zero attached hydrogens (tertiary/aromatic N) is 3. The Morgan fingerprint density at radius 3 is 2.64 bits per heavy atom. The summed E-state index contributed by atoms with van der Waals surface area (Å²) in [6.45, 7) is -0.0946. The zero-order valence-corrected chi connectivity index (χ0v) is 13.5. The van der Waals surface area contributed by atoms with Gasteiger partial charge in [0.25, 0.3) is 0 Å². The molecule has 6 nitrogen and oxygen atoms in total. The van der Waals surface area contributed by atoms with Crippen LogP contribution in [0.4, 0.5) is 13.2 Å². The minimum atomic E-state index is -4.21. The van der Waals surface area contributed by atoms with Crippen LogP contribution in [0.5, 0.6) is 5.88 Å². The summed E-state index contributed by atoms with van der Waals surface area (Å²) in [6.07, 6.45) is -2.56. The maximum absolute atomic E-state index is 12.8. The molecule has 2 aromatic heterocycles. The van der Waals surface area contributed by atoms with Crippen molar-refractivity contribution in [2.75, 3.05) is 6.61 Å². The van der Waals surface area contributed by atoms with Crippen molar-refractivity contribution < 1.29 is 27.8 Å². The van der Waals surface area contributed by atoms with Crippen molar-refractivity contribution in [3.05, 3.63) is 35.1 Å². The lowest BCUT2D eigenvalue weighted by Gasteiger charge is -2.18. The summed E-state index contributed by atoms with van der Waals surface area (Å²) in [6, 6.07) is 4.18. The molecule has 2 aromatic rings. The van der Waals surface area contributed by atoms with E-state index in [1.165, 1.54) is 29.1 Å². The Labute approximate surface area is 145 Å². The second kappa shape index (κ2) is 6.21. The van der Waals surface area contributed by atoms with Crippen LogP contribution in [-0.2, 0) is 0 Å². The number of carboxylic acids is 1. The maximum Gasteiger partial charge on any atom is 0.394 e. The number of aromatic nitrogens is 3. The highest BCUT2D eigenvalue weighted by Gasteiger charge is 2.62. The summed E-state index contributed by atoms with van der Waals surface area (Å²) in [7, 11) is 0. The van der Waals surface area contributed by atoms with Gasteiger partial charge in [-0.3, -0.25) is 0 Å². The van der Waals surface area contributed by atoms with Crippen LogP contribution in [0.1, 0.15) is 29.6 Å². The molecular weight excluding hydrogens is 363 g/mol. The Morgan fingerprint density at radius 1 is 1.36 bits per heavy atom. The van der Waals surface area contributed by atoms with E-state index in [0.29, 0.717) is 0 Å². The lowest BCUT2D eigenvalue weighted by atomic mass is 10.0. The molecule has 0 radical (unpaired) electrons. The summed E-state index contributed by atoms with van der Waals surface area (Å²) in [4.78, 5) is 14.8. The summed E-state index contributed by atoms with van der Waals surface area (Å²) in [5, 5.41) is 12.8. The van der Waals surface area contributed by atoms with E-state index in [0.717, 1.165) is 0 Å². The summed E-state index contributed by atoms with van der Waals surface area (Å²) >= 11 is 5.79. The van der Waals surface area contributed by atoms with Gasteiger partial charge in [-0.1, -0.05) is 11.6 Å². The third kappa shape index (κ3) is 3.55. The fourth-order valence-electron chi connectivity index (χ4n) is 2.40. The smallest absolute Gasteiger partial charge is 0.394 e. The molecule has 2 heterocycles. The van der Waals surface area contributed by atoms with E-state index < -0.39 is 17.6 Å². The van der Waals surface area contributed by atoms with E-state index in [1.54, 1.807) is 0 Å². The molecule has 25 heavy (non-hydrogen) atoms. The normalized spacial score (nSPS) is 15.8. The lowest BCUT2D eigenvalue weighted by molar-refractivity contribution is -0.190. The molecule has 0 amide bonds. The van der Waals surface area contributed by atoms with Gasteiger partial charge in [-0.15, -0.1) is 5.10 Å². The van der Waals surface area contributed by atoms with Crippen molar-refractivity contribution in [2.24, 2.45) is 5.41 Å². The highest BCUT2D eigenvalue weighted by atomic mass is 35.5. The van der Waals surface area contributed by atoms with Crippen molar-refractivity contribution >= 4 is 17.6 Å². The molecule has 0 spiro atoms. The molecule has 0 bridgehead atoms. The highest BCUT2D eigenvalue weighted by molar-refractivity contribution is 6.32. The molecule has 0 aromatic carbocycles. The van der Waals surface area contributed by atoms with Gasteiger partial charge in [0.05, 0.1) is 17.6 Å². The van der Waals surface area contributed by atoms with Crippen molar-refractivity contribution in [3.63, 3.8) is 0 Å². The van der Waals surface area contributed by atoms with E-state index in [9.17, 15) is 18.0 Å². The number of aromatic carboxylic acids is 1. The first-order valence-corrected chi connectivity index (χ1v) is 7.75. The van der Waals surface area contributed by atoms with Gasteiger partial charge in [-0.2, -0.15) is 13.2 Å². The second-order valence-corrected chi connectivity index (χ2v) is 6.15. The topological polar surface area (TPSA) is 77.2 Å². The number of pyridine rings is 1. The number of halogens is 4. The number of hydrogen-bond acceptors (Lipinski definition) is 4. The van der Waals surface area contributed by atoms with Crippen LogP contribution in [-0.4, -0.2) is 38.6 Å². The van der Waals surface area contributed by atoms with Gasteiger partial charge >= 0.3 is 12.1 Å². The molecule has 1 N–H and O–H groups in total. The quantitative estimate of drug-likeness (QED) is 0.778. The minimum Gasteiger partial charge on any atom is -0.478 e. The Hall–Kier alpha value is -2.29. The second-order valence-electron chi connectivity index (χ2n) is 5.79. The Morgan fingerprint density at radius 2 is 2.08 bits per heavy atom. The predicted octanol–water partition coefficient (Wildman–Crippen LogP) is 3.73. The van der Waals surface area contributed by atoms with Crippen LogP contribution in [0.3, 0.4) is 0 Å². The van der Waals surface area contributed by atoms with E-state index in [4.69, 9.17) is 21.4 Å². The van der Waals surface area contributed by atoms with Crippen molar-refractivity contribution in [1.82, 2.24) is 14.8 Å². The van der Waals surface area contributed by atoms with Crippen LogP contribution < -0.4 is 4.74 Å². The highest BCUT2D eigenvalue weighted by Crippen LogP contribution is 2.59. The van der Waals surface area contributed by atoms with Gasteiger partial charge < -0.3 is 9.84 Å². The average Bonchev–Trinajstić information content (AvgIpc) is 3.17. The van der Waals surface area contributed by atoms with Crippen LogP contribution in [0, 0.1) is 5.41 Å². The van der Waals surface area contributed by atoms with Crippen LogP contribution in [0.25, 0.3) is 5.82 Å². The van der Waals surface area contributed by atoms with E-state index >= 15 is 0 Å². The maximum atomic E-state index is 12.8. The Balaban J connectivity index is 1.63. The third-order valence-corrected chi connectivity index (χ3v) is 4.44. The zero-order valence-electron chi connectivity index (χ0n) is 12.8. The Kier molecular flexibility index (Phi) is 4.36. The van der Waals surface area contributed by atoms with Crippen LogP contribution in [0.15, 0.2) is 24.4 Å². The number of ether oxygens (including phenoxy) is 1. The standard InChI is InChI=1S/C15H13ClF3N3O3/c16-12-9(13(23)24)1-2-10(20-12)22-7-3-11(21-22)25-8-6-14(4-5-14)15(17,18)19/h1-3,7H,4-6,8H2,(H,23,24). The molecule has 0 aliphatic heterocycles. The van der Waals surface area contributed by atoms with Gasteiger partial charge in [0.1, 0.15) is 5.15 Å². The fourth-order valence-corrected chi connectivity index (χ4v) is 2.63. The number of alkyl halides is 3. The first-order chi connectivity index (χ1) is 11.7. The molecule has 1 aliphatic carbocycles. The predicted molar refractivity (Wildman–Crippen MR) is 81.2 cm³/mol. The number of hydrogen-bond donors (Lipinski definition) is 1. The number of rotatable bonds is 6. The average molecular weight is 376 g/mol. The molecule has 0 unspecified atom stereocenters. The molecule has 3 rings (SSSR count). The molecule has 1 fully saturated rings.